The number of piperidine rings is 1. The molecule has 122 valence electrons. The predicted octanol–water partition coefficient (Wildman–Crippen LogP) is 0.825. The Balaban J connectivity index is 2.21. The number of nitrogens with two attached hydrogens (primary N) is 1. The summed E-state index contributed by atoms with van der Waals surface area (Å²) in [5, 5.41) is 2.67. The van der Waals surface area contributed by atoms with Gasteiger partial charge in [0, 0.05) is 19.6 Å². The molecule has 0 spiro atoms. The van der Waals surface area contributed by atoms with Crippen LogP contribution in [0.15, 0.2) is 29.2 Å². The summed E-state index contributed by atoms with van der Waals surface area (Å²) in [6.45, 7) is 2.86. The number of hydrogen-bond donors (Lipinski definition) is 2. The molecule has 1 aliphatic heterocycles. The van der Waals surface area contributed by atoms with E-state index in [1.54, 1.807) is 31.2 Å². The predicted molar refractivity (Wildman–Crippen MR) is 84.5 cm³/mol. The van der Waals surface area contributed by atoms with Crippen molar-refractivity contribution >= 4 is 15.9 Å². The molecule has 0 radical (unpaired) electrons. The Morgan fingerprint density at radius 1 is 1.27 bits per heavy atom. The maximum atomic E-state index is 12.8. The van der Waals surface area contributed by atoms with Crippen molar-refractivity contribution in [1.82, 2.24) is 9.62 Å². The molecule has 22 heavy (non-hydrogen) atoms. The molecule has 1 aromatic carbocycles. The van der Waals surface area contributed by atoms with Gasteiger partial charge in [-0.05, 0) is 31.4 Å². The van der Waals surface area contributed by atoms with Crippen molar-refractivity contribution in [2.24, 2.45) is 5.73 Å². The van der Waals surface area contributed by atoms with Crippen molar-refractivity contribution in [3.05, 3.63) is 29.8 Å². The Hall–Kier alpha value is -1.44. The van der Waals surface area contributed by atoms with Crippen LogP contribution in [0.5, 0.6) is 0 Å². The van der Waals surface area contributed by atoms with Crippen molar-refractivity contribution in [1.29, 1.82) is 0 Å². The van der Waals surface area contributed by atoms with Gasteiger partial charge in [-0.1, -0.05) is 24.6 Å². The minimum absolute atomic E-state index is 0.156. The number of rotatable bonds is 5. The molecule has 0 saturated carbocycles. The molecule has 3 N–H and O–H groups in total. The smallest absolute Gasteiger partial charge is 0.243 e. The van der Waals surface area contributed by atoms with Gasteiger partial charge in [0.25, 0.3) is 0 Å². The summed E-state index contributed by atoms with van der Waals surface area (Å²) in [6, 6.07) is 6.16. The van der Waals surface area contributed by atoms with Crippen molar-refractivity contribution in [3.8, 4) is 0 Å². The summed E-state index contributed by atoms with van der Waals surface area (Å²) in [7, 11) is -3.51. The van der Waals surface area contributed by atoms with Gasteiger partial charge in [0.2, 0.25) is 15.9 Å². The summed E-state index contributed by atoms with van der Waals surface area (Å²) in [5.41, 5.74) is 6.09. The third-order valence-electron chi connectivity index (χ3n) is 3.77. The lowest BCUT2D eigenvalue weighted by Gasteiger charge is -2.26. The molecule has 0 bridgehead atoms. The van der Waals surface area contributed by atoms with E-state index in [1.807, 2.05) is 0 Å². The number of nitrogens with one attached hydrogen (secondary N) is 1. The molecule has 1 aromatic rings. The molecular formula is C15H23N3O3S. The standard InChI is InChI=1S/C15H23N3O3S/c1-12(16)15(19)17-11-13-7-3-4-8-14(13)22(20,21)18-9-5-2-6-10-18/h3-4,7-8,12H,2,5-6,9-11,16H2,1H3,(H,17,19)/t12-/m0/s1. The highest BCUT2D eigenvalue weighted by molar-refractivity contribution is 7.89. The summed E-state index contributed by atoms with van der Waals surface area (Å²) in [6.07, 6.45) is 2.85. The largest absolute Gasteiger partial charge is 0.351 e. The minimum Gasteiger partial charge on any atom is -0.351 e. The van der Waals surface area contributed by atoms with Crippen LogP contribution >= 0.6 is 0 Å². The normalized spacial score (nSPS) is 17.9. The number of carbonyl (C=O) groups excluding carboxylic acids is 1. The second-order valence-electron chi connectivity index (χ2n) is 5.58. The molecule has 1 aliphatic rings. The lowest BCUT2D eigenvalue weighted by molar-refractivity contribution is -0.122. The number of hydrogen-bond acceptors (Lipinski definition) is 4. The van der Waals surface area contributed by atoms with Crippen LogP contribution in [0.2, 0.25) is 0 Å². The maximum absolute atomic E-state index is 12.8. The van der Waals surface area contributed by atoms with Gasteiger partial charge in [0.15, 0.2) is 0 Å². The molecule has 0 unspecified atom stereocenters. The Morgan fingerprint density at radius 3 is 2.55 bits per heavy atom. The lowest BCUT2D eigenvalue weighted by atomic mass is 10.2. The van der Waals surface area contributed by atoms with Crippen LogP contribution < -0.4 is 11.1 Å². The van der Waals surface area contributed by atoms with E-state index in [2.05, 4.69) is 5.32 Å². The number of benzene rings is 1. The van der Waals surface area contributed by atoms with Crippen LogP contribution in [-0.2, 0) is 21.4 Å². The SMILES string of the molecule is C[C@H](N)C(=O)NCc1ccccc1S(=O)(=O)N1CCCCC1. The zero-order valence-electron chi connectivity index (χ0n) is 12.8. The van der Waals surface area contributed by atoms with E-state index in [0.717, 1.165) is 19.3 Å². The van der Waals surface area contributed by atoms with Crippen molar-refractivity contribution in [2.45, 2.75) is 43.7 Å². The highest BCUT2D eigenvalue weighted by Crippen LogP contribution is 2.23. The summed E-state index contributed by atoms with van der Waals surface area (Å²) in [4.78, 5) is 11.8. The first-order valence-corrected chi connectivity index (χ1v) is 8.98. The molecule has 2 rings (SSSR count). The third kappa shape index (κ3) is 3.85. The fourth-order valence-electron chi connectivity index (χ4n) is 2.49. The molecule has 7 heteroatoms. The van der Waals surface area contributed by atoms with E-state index in [9.17, 15) is 13.2 Å². The summed E-state index contributed by atoms with van der Waals surface area (Å²) in [5.74, 6) is -0.301. The molecular weight excluding hydrogens is 302 g/mol. The molecule has 0 aromatic heterocycles. The van der Waals surface area contributed by atoms with Crippen LogP contribution in [0.3, 0.4) is 0 Å². The fourth-order valence-corrected chi connectivity index (χ4v) is 4.23. The van der Waals surface area contributed by atoms with Crippen LogP contribution in [-0.4, -0.2) is 37.8 Å². The monoisotopic (exact) mass is 325 g/mol. The number of sulfonamides is 1. The first kappa shape index (κ1) is 16.9. The minimum atomic E-state index is -3.51. The van der Waals surface area contributed by atoms with Crippen molar-refractivity contribution in [2.75, 3.05) is 13.1 Å². The molecule has 1 saturated heterocycles. The number of amides is 1. The van der Waals surface area contributed by atoms with Crippen LogP contribution in [0.1, 0.15) is 31.7 Å². The lowest BCUT2D eigenvalue weighted by Crippen LogP contribution is -2.39. The van der Waals surface area contributed by atoms with Gasteiger partial charge in [-0.3, -0.25) is 4.79 Å². The first-order valence-electron chi connectivity index (χ1n) is 7.54. The average Bonchev–Trinajstić information content (AvgIpc) is 2.53. The highest BCUT2D eigenvalue weighted by Gasteiger charge is 2.27. The van der Waals surface area contributed by atoms with E-state index in [0.29, 0.717) is 18.7 Å². The molecule has 0 aliphatic carbocycles. The second-order valence-corrected chi connectivity index (χ2v) is 7.49. The summed E-state index contributed by atoms with van der Waals surface area (Å²) >= 11 is 0. The van der Waals surface area contributed by atoms with E-state index < -0.39 is 16.1 Å². The van der Waals surface area contributed by atoms with Crippen molar-refractivity contribution < 1.29 is 13.2 Å². The maximum Gasteiger partial charge on any atom is 0.243 e. The molecule has 1 fully saturated rings. The van der Waals surface area contributed by atoms with E-state index in [4.69, 9.17) is 5.73 Å². The molecule has 1 amide bonds. The van der Waals surface area contributed by atoms with Gasteiger partial charge < -0.3 is 11.1 Å². The number of nitrogens with zero attached hydrogens (tertiary/aromatic N) is 1. The second kappa shape index (κ2) is 7.21. The Bertz CT molecular complexity index is 623. The van der Waals surface area contributed by atoms with Gasteiger partial charge in [-0.2, -0.15) is 4.31 Å². The first-order chi connectivity index (χ1) is 10.4. The van der Waals surface area contributed by atoms with Crippen LogP contribution in [0, 0.1) is 0 Å². The molecule has 1 heterocycles. The topological polar surface area (TPSA) is 92.5 Å². The molecule has 1 atom stereocenters. The number of carbonyl (C=O) groups is 1. The summed E-state index contributed by atoms with van der Waals surface area (Å²) < 4.78 is 27.1. The van der Waals surface area contributed by atoms with Gasteiger partial charge >= 0.3 is 0 Å². The van der Waals surface area contributed by atoms with E-state index in [-0.39, 0.29) is 17.3 Å². The fraction of sp³-hybridized carbons (Fsp3) is 0.533. The average molecular weight is 325 g/mol. The third-order valence-corrected chi connectivity index (χ3v) is 5.77. The van der Waals surface area contributed by atoms with Gasteiger partial charge in [-0.25, -0.2) is 8.42 Å². The van der Waals surface area contributed by atoms with E-state index in [1.165, 1.54) is 4.31 Å². The van der Waals surface area contributed by atoms with Crippen LogP contribution in [0.4, 0.5) is 0 Å². The van der Waals surface area contributed by atoms with E-state index >= 15 is 0 Å². The zero-order valence-corrected chi connectivity index (χ0v) is 13.6. The highest BCUT2D eigenvalue weighted by atomic mass is 32.2. The molecule has 6 nitrogen and oxygen atoms in total. The Morgan fingerprint density at radius 2 is 1.91 bits per heavy atom. The Kier molecular flexibility index (Phi) is 5.55. The van der Waals surface area contributed by atoms with Gasteiger partial charge in [-0.15, -0.1) is 0 Å². The van der Waals surface area contributed by atoms with Crippen LogP contribution in [0.25, 0.3) is 0 Å². The van der Waals surface area contributed by atoms with Gasteiger partial charge in [0.1, 0.15) is 0 Å². The zero-order chi connectivity index (χ0) is 16.2. The van der Waals surface area contributed by atoms with Gasteiger partial charge in [0.05, 0.1) is 10.9 Å². The Labute approximate surface area is 131 Å². The quantitative estimate of drug-likeness (QED) is 0.838. The van der Waals surface area contributed by atoms with Crippen molar-refractivity contribution in [3.63, 3.8) is 0 Å².